The Bertz CT molecular complexity index is 653. The van der Waals surface area contributed by atoms with Gasteiger partial charge in [0.25, 0.3) is 0 Å². The van der Waals surface area contributed by atoms with E-state index >= 15 is 0 Å². The summed E-state index contributed by atoms with van der Waals surface area (Å²) in [6.07, 6.45) is 13.0. The molecule has 5 nitrogen and oxygen atoms in total. The summed E-state index contributed by atoms with van der Waals surface area (Å²) < 4.78 is 5.30. The van der Waals surface area contributed by atoms with E-state index in [1.165, 1.54) is 51.4 Å². The van der Waals surface area contributed by atoms with Gasteiger partial charge in [0.1, 0.15) is 0 Å². The fourth-order valence-corrected chi connectivity index (χ4v) is 3.23. The van der Waals surface area contributed by atoms with Gasteiger partial charge in [-0.3, -0.25) is 10.1 Å². The average molecular weight is 358 g/mol. The molecule has 1 heterocycles. The standard InChI is InChI=1S/C21H30N2O3/c1-2-3-4-5-6-7-8-9-10-14-17-19-21(23(24)25)20(22-26-19)18-15-12-11-13-16-18/h11-13,15-16H,2-10,14,17H2,1H3. The third-order valence-corrected chi connectivity index (χ3v) is 4.72. The van der Waals surface area contributed by atoms with Crippen LogP contribution in [0.5, 0.6) is 0 Å². The maximum Gasteiger partial charge on any atom is 0.339 e. The number of aryl methyl sites for hydroxylation is 1. The lowest BCUT2D eigenvalue weighted by Crippen LogP contribution is -1.94. The number of aromatic nitrogens is 1. The summed E-state index contributed by atoms with van der Waals surface area (Å²) in [5.74, 6) is 0.397. The SMILES string of the molecule is CCCCCCCCCCCCc1onc(-c2ccccc2)c1[N+](=O)[O-]. The van der Waals surface area contributed by atoms with Gasteiger partial charge in [0.05, 0.1) is 4.92 Å². The highest BCUT2D eigenvalue weighted by Crippen LogP contribution is 2.33. The van der Waals surface area contributed by atoms with Crippen molar-refractivity contribution in [2.75, 3.05) is 0 Å². The Morgan fingerprint density at radius 3 is 2.08 bits per heavy atom. The predicted molar refractivity (Wildman–Crippen MR) is 104 cm³/mol. The molecule has 0 saturated carbocycles. The van der Waals surface area contributed by atoms with E-state index in [2.05, 4.69) is 12.1 Å². The monoisotopic (exact) mass is 358 g/mol. The minimum absolute atomic E-state index is 0.0205. The number of benzene rings is 1. The fraction of sp³-hybridized carbons (Fsp3) is 0.571. The zero-order valence-electron chi connectivity index (χ0n) is 15.8. The van der Waals surface area contributed by atoms with Crippen molar-refractivity contribution >= 4 is 5.69 Å². The van der Waals surface area contributed by atoms with Crippen molar-refractivity contribution in [3.63, 3.8) is 0 Å². The first-order valence-electron chi connectivity index (χ1n) is 9.92. The maximum atomic E-state index is 11.5. The van der Waals surface area contributed by atoms with E-state index in [1.807, 2.05) is 30.3 Å². The zero-order valence-corrected chi connectivity index (χ0v) is 15.8. The molecule has 0 N–H and O–H groups in total. The molecule has 5 heteroatoms. The maximum absolute atomic E-state index is 11.5. The lowest BCUT2D eigenvalue weighted by molar-refractivity contribution is -0.385. The van der Waals surface area contributed by atoms with E-state index in [-0.39, 0.29) is 10.6 Å². The summed E-state index contributed by atoms with van der Waals surface area (Å²) in [4.78, 5) is 11.1. The molecule has 0 atom stereocenters. The van der Waals surface area contributed by atoms with Crippen molar-refractivity contribution in [2.45, 2.75) is 77.6 Å². The number of nitrogens with zero attached hydrogens (tertiary/aromatic N) is 2. The summed E-state index contributed by atoms with van der Waals surface area (Å²) in [5.41, 5.74) is 1.07. The molecule has 0 fully saturated rings. The van der Waals surface area contributed by atoms with Gasteiger partial charge in [-0.25, -0.2) is 0 Å². The summed E-state index contributed by atoms with van der Waals surface area (Å²) in [7, 11) is 0. The van der Waals surface area contributed by atoms with Gasteiger partial charge < -0.3 is 4.52 Å². The number of hydrogen-bond donors (Lipinski definition) is 0. The molecule has 0 aliphatic heterocycles. The van der Waals surface area contributed by atoms with Gasteiger partial charge >= 0.3 is 5.69 Å². The molecular formula is C21H30N2O3. The first kappa shape index (κ1) is 20.1. The van der Waals surface area contributed by atoms with Gasteiger partial charge in [0, 0.05) is 12.0 Å². The van der Waals surface area contributed by atoms with Crippen molar-refractivity contribution < 1.29 is 9.45 Å². The van der Waals surface area contributed by atoms with E-state index in [1.54, 1.807) is 0 Å². The lowest BCUT2D eigenvalue weighted by atomic mass is 10.0. The topological polar surface area (TPSA) is 69.2 Å². The molecule has 26 heavy (non-hydrogen) atoms. The normalized spacial score (nSPS) is 11.0. The van der Waals surface area contributed by atoms with Gasteiger partial charge in [0.2, 0.25) is 5.76 Å². The van der Waals surface area contributed by atoms with Crippen LogP contribution in [0.25, 0.3) is 11.3 Å². The van der Waals surface area contributed by atoms with E-state index < -0.39 is 0 Å². The molecule has 1 aromatic heterocycles. The van der Waals surface area contributed by atoms with Gasteiger partial charge in [-0.1, -0.05) is 100 Å². The van der Waals surface area contributed by atoms with Crippen LogP contribution < -0.4 is 0 Å². The first-order valence-corrected chi connectivity index (χ1v) is 9.92. The Kier molecular flexibility index (Phi) is 8.87. The predicted octanol–water partition coefficient (Wildman–Crippen LogP) is 6.71. The molecule has 2 aromatic rings. The first-order chi connectivity index (χ1) is 12.7. The minimum Gasteiger partial charge on any atom is -0.353 e. The molecule has 0 aliphatic carbocycles. The quantitative estimate of drug-likeness (QED) is 0.226. The van der Waals surface area contributed by atoms with Crippen LogP contribution in [0.15, 0.2) is 34.9 Å². The average Bonchev–Trinajstić information content (AvgIpc) is 3.08. The van der Waals surface area contributed by atoms with E-state index in [9.17, 15) is 10.1 Å². The second-order valence-electron chi connectivity index (χ2n) is 6.86. The lowest BCUT2D eigenvalue weighted by Gasteiger charge is -2.01. The molecule has 0 spiro atoms. The van der Waals surface area contributed by atoms with Crippen LogP contribution in [-0.4, -0.2) is 10.1 Å². The molecular weight excluding hydrogens is 328 g/mol. The van der Waals surface area contributed by atoms with E-state index in [0.29, 0.717) is 17.9 Å². The number of unbranched alkanes of at least 4 members (excludes halogenated alkanes) is 9. The summed E-state index contributed by atoms with van der Waals surface area (Å²) in [5, 5.41) is 15.4. The summed E-state index contributed by atoms with van der Waals surface area (Å²) in [6.45, 7) is 2.24. The van der Waals surface area contributed by atoms with Crippen LogP contribution >= 0.6 is 0 Å². The Morgan fingerprint density at radius 2 is 1.50 bits per heavy atom. The molecule has 2 rings (SSSR count). The number of nitro groups is 1. The van der Waals surface area contributed by atoms with Crippen LogP contribution in [0.3, 0.4) is 0 Å². The molecule has 0 bridgehead atoms. The van der Waals surface area contributed by atoms with Gasteiger partial charge in [0.15, 0.2) is 5.69 Å². The fourth-order valence-electron chi connectivity index (χ4n) is 3.23. The Hall–Kier alpha value is -2.17. The highest BCUT2D eigenvalue weighted by Gasteiger charge is 2.27. The Labute approximate surface area is 155 Å². The second kappa shape index (κ2) is 11.4. The zero-order chi connectivity index (χ0) is 18.6. The summed E-state index contributed by atoms with van der Waals surface area (Å²) in [6, 6.07) is 9.19. The van der Waals surface area contributed by atoms with Crippen LogP contribution in [0.1, 0.15) is 76.9 Å². The van der Waals surface area contributed by atoms with Crippen LogP contribution in [-0.2, 0) is 6.42 Å². The van der Waals surface area contributed by atoms with Gasteiger partial charge in [-0.15, -0.1) is 0 Å². The Balaban J connectivity index is 1.75. The largest absolute Gasteiger partial charge is 0.353 e. The molecule has 0 aliphatic rings. The van der Waals surface area contributed by atoms with Crippen molar-refractivity contribution in [1.29, 1.82) is 0 Å². The van der Waals surface area contributed by atoms with Gasteiger partial charge in [-0.2, -0.15) is 0 Å². The smallest absolute Gasteiger partial charge is 0.339 e. The van der Waals surface area contributed by atoms with E-state index in [0.717, 1.165) is 18.4 Å². The highest BCUT2D eigenvalue weighted by molar-refractivity contribution is 5.70. The van der Waals surface area contributed by atoms with Crippen molar-refractivity contribution in [3.05, 3.63) is 46.2 Å². The molecule has 0 unspecified atom stereocenters. The molecule has 0 saturated heterocycles. The van der Waals surface area contributed by atoms with Crippen LogP contribution in [0.4, 0.5) is 5.69 Å². The third-order valence-electron chi connectivity index (χ3n) is 4.72. The molecule has 1 aromatic carbocycles. The van der Waals surface area contributed by atoms with Gasteiger partial charge in [-0.05, 0) is 6.42 Å². The molecule has 0 radical (unpaired) electrons. The van der Waals surface area contributed by atoms with Crippen LogP contribution in [0, 0.1) is 10.1 Å². The second-order valence-corrected chi connectivity index (χ2v) is 6.86. The third kappa shape index (κ3) is 6.28. The number of hydrogen-bond acceptors (Lipinski definition) is 4. The van der Waals surface area contributed by atoms with Crippen molar-refractivity contribution in [3.8, 4) is 11.3 Å². The van der Waals surface area contributed by atoms with E-state index in [4.69, 9.17) is 4.52 Å². The minimum atomic E-state index is -0.371. The molecule has 142 valence electrons. The van der Waals surface area contributed by atoms with Crippen LogP contribution in [0.2, 0.25) is 0 Å². The summed E-state index contributed by atoms with van der Waals surface area (Å²) >= 11 is 0. The molecule has 0 amide bonds. The number of rotatable bonds is 13. The van der Waals surface area contributed by atoms with Crippen molar-refractivity contribution in [1.82, 2.24) is 5.16 Å². The Morgan fingerprint density at radius 1 is 0.923 bits per heavy atom. The van der Waals surface area contributed by atoms with Crippen molar-refractivity contribution in [2.24, 2.45) is 0 Å². The highest BCUT2D eigenvalue weighted by atomic mass is 16.6.